The smallest absolute Gasteiger partial charge is 0.407 e. The van der Waals surface area contributed by atoms with E-state index in [0.29, 0.717) is 31.6 Å². The Kier molecular flexibility index (Phi) is 14.3. The summed E-state index contributed by atoms with van der Waals surface area (Å²) in [7, 11) is 1.65. The van der Waals surface area contributed by atoms with Crippen LogP contribution in [0.25, 0.3) is 10.9 Å². The highest BCUT2D eigenvalue weighted by Crippen LogP contribution is 2.26. The van der Waals surface area contributed by atoms with E-state index < -0.39 is 29.8 Å². The fourth-order valence-corrected chi connectivity index (χ4v) is 5.78. The number of para-hydroxylation sites is 2. The Morgan fingerprint density at radius 2 is 1.65 bits per heavy atom. The number of hydrogen-bond acceptors (Lipinski definition) is 6. The maximum Gasteiger partial charge on any atom is 0.407 e. The van der Waals surface area contributed by atoms with Gasteiger partial charge in [-0.25, -0.2) is 4.79 Å². The van der Waals surface area contributed by atoms with Crippen molar-refractivity contribution in [3.8, 4) is 5.75 Å². The molecule has 0 bridgehead atoms. The standard InChI is InChI=1S/C38H56N4O6/c1-9-10-19-39-35(44)26(4)20-33(43)31(41-37(46)48-38(5,6)7)21-28(25(2)3)22-40-36(45)30-24-42(32-17-13-12-16-29(30)32)23-27-15-11-14-18-34(27)47-8/h11-18,24-26,28,31,33,43H,9-10,19-23H2,1-8H3,(H,39,44)(H,40,45)(H,41,46)/t26-,28+,31+,33+/m1/s1. The lowest BCUT2D eigenvalue weighted by Gasteiger charge is -2.32. The van der Waals surface area contributed by atoms with Crippen LogP contribution in [0, 0.1) is 17.8 Å². The largest absolute Gasteiger partial charge is 0.496 e. The first-order chi connectivity index (χ1) is 22.7. The Bertz CT molecular complexity index is 1490. The molecule has 0 fully saturated rings. The molecule has 48 heavy (non-hydrogen) atoms. The van der Waals surface area contributed by atoms with Crippen molar-refractivity contribution in [2.45, 2.75) is 98.4 Å². The normalized spacial score (nSPS) is 14.2. The molecule has 2 aromatic carbocycles. The molecule has 0 radical (unpaired) electrons. The van der Waals surface area contributed by atoms with E-state index >= 15 is 0 Å². The molecule has 1 heterocycles. The Morgan fingerprint density at radius 3 is 2.31 bits per heavy atom. The van der Waals surface area contributed by atoms with Crippen molar-refractivity contribution in [1.29, 1.82) is 0 Å². The average Bonchev–Trinajstić information content (AvgIpc) is 3.39. The highest BCUT2D eigenvalue weighted by molar-refractivity contribution is 6.07. The van der Waals surface area contributed by atoms with Gasteiger partial charge in [0, 0.05) is 41.7 Å². The van der Waals surface area contributed by atoms with Crippen molar-refractivity contribution in [1.82, 2.24) is 20.5 Å². The SMILES string of the molecule is CCCCNC(=O)[C@H](C)C[C@H](O)[C@H](C[C@@H](CNC(=O)c1cn(Cc2ccccc2OC)c2ccccc12)C(C)C)NC(=O)OC(C)(C)C. The summed E-state index contributed by atoms with van der Waals surface area (Å²) in [6.45, 7) is 14.7. The highest BCUT2D eigenvalue weighted by Gasteiger charge is 2.31. The summed E-state index contributed by atoms with van der Waals surface area (Å²) >= 11 is 0. The van der Waals surface area contributed by atoms with E-state index in [1.807, 2.05) is 54.7 Å². The number of rotatable bonds is 17. The fraction of sp³-hybridized carbons (Fsp3) is 0.553. The maximum atomic E-state index is 13.7. The number of nitrogens with zero attached hydrogens (tertiary/aromatic N) is 1. The first-order valence-electron chi connectivity index (χ1n) is 17.2. The summed E-state index contributed by atoms with van der Waals surface area (Å²) in [5, 5.41) is 21.1. The van der Waals surface area contributed by atoms with Gasteiger partial charge in [0.25, 0.3) is 5.91 Å². The van der Waals surface area contributed by atoms with E-state index in [2.05, 4.69) is 41.3 Å². The topological polar surface area (TPSA) is 131 Å². The number of nitrogens with one attached hydrogen (secondary N) is 3. The lowest BCUT2D eigenvalue weighted by atomic mass is 9.85. The predicted molar refractivity (Wildman–Crippen MR) is 190 cm³/mol. The number of aromatic nitrogens is 1. The van der Waals surface area contributed by atoms with Crippen LogP contribution in [0.3, 0.4) is 0 Å². The molecular formula is C38H56N4O6. The molecule has 264 valence electrons. The van der Waals surface area contributed by atoms with Gasteiger partial charge >= 0.3 is 6.09 Å². The molecule has 0 saturated carbocycles. The monoisotopic (exact) mass is 664 g/mol. The van der Waals surface area contributed by atoms with E-state index in [1.54, 1.807) is 34.8 Å². The molecule has 0 saturated heterocycles. The average molecular weight is 665 g/mol. The van der Waals surface area contributed by atoms with E-state index in [4.69, 9.17) is 9.47 Å². The van der Waals surface area contributed by atoms with Crippen LogP contribution >= 0.6 is 0 Å². The third-order valence-corrected chi connectivity index (χ3v) is 8.63. The van der Waals surface area contributed by atoms with Gasteiger partial charge in [-0.3, -0.25) is 9.59 Å². The first kappa shape index (κ1) is 38.4. The summed E-state index contributed by atoms with van der Waals surface area (Å²) in [6, 6.07) is 14.9. The zero-order chi connectivity index (χ0) is 35.4. The number of aliphatic hydroxyl groups excluding tert-OH is 1. The van der Waals surface area contributed by atoms with Crippen LogP contribution in [-0.2, 0) is 16.1 Å². The molecule has 0 unspecified atom stereocenters. The summed E-state index contributed by atoms with van der Waals surface area (Å²) in [5.74, 6) is 0.0111. The van der Waals surface area contributed by atoms with Crippen molar-refractivity contribution >= 4 is 28.8 Å². The molecule has 10 heteroatoms. The molecule has 1 aromatic heterocycles. The Hall–Kier alpha value is -4.05. The second-order valence-electron chi connectivity index (χ2n) is 14.1. The molecule has 0 spiro atoms. The molecule has 4 atom stereocenters. The van der Waals surface area contributed by atoms with Gasteiger partial charge in [-0.2, -0.15) is 0 Å². The fourth-order valence-electron chi connectivity index (χ4n) is 5.78. The third-order valence-electron chi connectivity index (χ3n) is 8.63. The zero-order valence-corrected chi connectivity index (χ0v) is 30.0. The minimum Gasteiger partial charge on any atom is -0.496 e. The Morgan fingerprint density at radius 1 is 0.958 bits per heavy atom. The van der Waals surface area contributed by atoms with Crippen molar-refractivity contribution in [2.75, 3.05) is 20.2 Å². The highest BCUT2D eigenvalue weighted by atomic mass is 16.6. The molecule has 0 aliphatic carbocycles. The van der Waals surface area contributed by atoms with Gasteiger partial charge in [0.1, 0.15) is 11.4 Å². The van der Waals surface area contributed by atoms with Gasteiger partial charge in [0.05, 0.1) is 31.4 Å². The number of methoxy groups -OCH3 is 1. The van der Waals surface area contributed by atoms with Crippen LogP contribution in [-0.4, -0.2) is 65.5 Å². The second-order valence-corrected chi connectivity index (χ2v) is 14.1. The number of carbonyl (C=O) groups excluding carboxylic acids is 3. The summed E-state index contributed by atoms with van der Waals surface area (Å²) in [6.07, 6.45) is 2.63. The van der Waals surface area contributed by atoms with Crippen LogP contribution in [0.1, 0.15) is 90.1 Å². The second kappa shape index (κ2) is 17.9. The van der Waals surface area contributed by atoms with E-state index in [0.717, 1.165) is 35.1 Å². The third kappa shape index (κ3) is 11.3. The van der Waals surface area contributed by atoms with Gasteiger partial charge in [-0.1, -0.05) is 70.5 Å². The lowest BCUT2D eigenvalue weighted by molar-refractivity contribution is -0.125. The number of hydrogen-bond donors (Lipinski definition) is 4. The molecule has 3 rings (SSSR count). The quantitative estimate of drug-likeness (QED) is 0.126. The number of aliphatic hydroxyl groups is 1. The zero-order valence-electron chi connectivity index (χ0n) is 30.0. The van der Waals surface area contributed by atoms with E-state index in [-0.39, 0.29) is 30.1 Å². The predicted octanol–water partition coefficient (Wildman–Crippen LogP) is 6.29. The number of fused-ring (bicyclic) bond motifs is 1. The molecule has 0 aliphatic rings. The molecule has 0 aliphatic heterocycles. The summed E-state index contributed by atoms with van der Waals surface area (Å²) < 4.78 is 13.1. The Balaban J connectivity index is 1.78. The lowest BCUT2D eigenvalue weighted by Crippen LogP contribution is -2.49. The Labute approximate surface area is 286 Å². The summed E-state index contributed by atoms with van der Waals surface area (Å²) in [4.78, 5) is 39.3. The minimum atomic E-state index is -1.01. The van der Waals surface area contributed by atoms with Crippen molar-refractivity contribution < 1.29 is 29.0 Å². The molecule has 10 nitrogen and oxygen atoms in total. The van der Waals surface area contributed by atoms with Crippen molar-refractivity contribution in [2.24, 2.45) is 17.8 Å². The van der Waals surface area contributed by atoms with Crippen LogP contribution in [0.5, 0.6) is 5.75 Å². The molecular weight excluding hydrogens is 608 g/mol. The maximum absolute atomic E-state index is 13.7. The van der Waals surface area contributed by atoms with Gasteiger partial charge in [-0.15, -0.1) is 0 Å². The molecule has 4 N–H and O–H groups in total. The van der Waals surface area contributed by atoms with E-state index in [9.17, 15) is 19.5 Å². The molecule has 3 amide bonds. The minimum absolute atomic E-state index is 0.0980. The van der Waals surface area contributed by atoms with Gasteiger partial charge in [-0.05, 0) is 64.0 Å². The number of benzene rings is 2. The number of carbonyl (C=O) groups is 3. The van der Waals surface area contributed by atoms with Crippen LogP contribution in [0.15, 0.2) is 54.7 Å². The van der Waals surface area contributed by atoms with Crippen molar-refractivity contribution in [3.05, 3.63) is 65.9 Å². The van der Waals surface area contributed by atoms with Crippen LogP contribution in [0.2, 0.25) is 0 Å². The van der Waals surface area contributed by atoms with Gasteiger partial charge < -0.3 is 35.1 Å². The summed E-state index contributed by atoms with van der Waals surface area (Å²) in [5.41, 5.74) is 1.78. The number of unbranched alkanes of at least 4 members (excludes halogenated alkanes) is 1. The number of alkyl carbamates (subject to hydrolysis) is 1. The van der Waals surface area contributed by atoms with Crippen LogP contribution in [0.4, 0.5) is 4.79 Å². The van der Waals surface area contributed by atoms with Crippen molar-refractivity contribution in [3.63, 3.8) is 0 Å². The molecule has 3 aromatic rings. The van der Waals surface area contributed by atoms with Crippen LogP contribution < -0.4 is 20.7 Å². The first-order valence-corrected chi connectivity index (χ1v) is 17.2. The number of amides is 3. The van der Waals surface area contributed by atoms with Gasteiger partial charge in [0.2, 0.25) is 5.91 Å². The van der Waals surface area contributed by atoms with E-state index in [1.165, 1.54) is 0 Å². The number of ether oxygens (including phenoxy) is 2. The van der Waals surface area contributed by atoms with Gasteiger partial charge in [0.15, 0.2) is 0 Å².